The van der Waals surface area contributed by atoms with Gasteiger partial charge in [0.15, 0.2) is 10.8 Å². The maximum atomic E-state index is 13.0. The summed E-state index contributed by atoms with van der Waals surface area (Å²) in [6, 6.07) is 3.67. The summed E-state index contributed by atoms with van der Waals surface area (Å²) in [5.74, 6) is 2.33. The number of hydrogen-bond donors (Lipinski definition) is 1. The molecule has 4 heterocycles. The Labute approximate surface area is 149 Å². The lowest BCUT2D eigenvalue weighted by molar-refractivity contribution is 0.0615. The Morgan fingerprint density at radius 3 is 3.04 bits per heavy atom. The second kappa shape index (κ2) is 6.45. The first-order chi connectivity index (χ1) is 12.1. The number of carbonyl (C=O) groups excluding carboxylic acids is 1. The SMILES string of the molecule is Cc1ccc(-c2nc(C(=O)N3CCNCC3c3nccn3C)cs2)o1. The van der Waals surface area contributed by atoms with Gasteiger partial charge in [0, 0.05) is 44.5 Å². The molecule has 4 rings (SSSR count). The highest BCUT2D eigenvalue weighted by molar-refractivity contribution is 7.13. The Bertz CT molecular complexity index is 896. The summed E-state index contributed by atoms with van der Waals surface area (Å²) in [5, 5.41) is 5.86. The summed E-state index contributed by atoms with van der Waals surface area (Å²) in [5.41, 5.74) is 0.454. The van der Waals surface area contributed by atoms with Crippen LogP contribution in [0.3, 0.4) is 0 Å². The number of aromatic nitrogens is 3. The Morgan fingerprint density at radius 1 is 1.44 bits per heavy atom. The topological polar surface area (TPSA) is 76.2 Å². The molecule has 25 heavy (non-hydrogen) atoms. The fourth-order valence-electron chi connectivity index (χ4n) is 3.06. The first kappa shape index (κ1) is 16.0. The number of aryl methyl sites for hydroxylation is 2. The van der Waals surface area contributed by atoms with E-state index in [4.69, 9.17) is 4.42 Å². The molecule has 1 unspecified atom stereocenters. The summed E-state index contributed by atoms with van der Waals surface area (Å²) >= 11 is 1.42. The summed E-state index contributed by atoms with van der Waals surface area (Å²) in [6.45, 7) is 3.97. The fraction of sp³-hybridized carbons (Fsp3) is 0.353. The summed E-state index contributed by atoms with van der Waals surface area (Å²) in [4.78, 5) is 23.8. The largest absolute Gasteiger partial charge is 0.459 e. The van der Waals surface area contributed by atoms with E-state index in [9.17, 15) is 4.79 Å². The van der Waals surface area contributed by atoms with E-state index in [1.807, 2.05) is 41.8 Å². The van der Waals surface area contributed by atoms with Gasteiger partial charge in [0.1, 0.15) is 23.3 Å². The molecule has 8 heteroatoms. The number of nitrogens with one attached hydrogen (secondary N) is 1. The molecule has 0 aliphatic carbocycles. The highest BCUT2D eigenvalue weighted by atomic mass is 32.1. The number of thiazole rings is 1. The highest BCUT2D eigenvalue weighted by Gasteiger charge is 2.32. The maximum Gasteiger partial charge on any atom is 0.274 e. The van der Waals surface area contributed by atoms with Crippen LogP contribution in [-0.4, -0.2) is 45.0 Å². The lowest BCUT2D eigenvalue weighted by Gasteiger charge is -2.35. The fourth-order valence-corrected chi connectivity index (χ4v) is 3.81. The molecule has 1 saturated heterocycles. The van der Waals surface area contributed by atoms with Crippen LogP contribution in [-0.2, 0) is 7.05 Å². The van der Waals surface area contributed by atoms with E-state index < -0.39 is 0 Å². The van der Waals surface area contributed by atoms with Crippen LogP contribution < -0.4 is 5.32 Å². The number of nitrogens with zero attached hydrogens (tertiary/aromatic N) is 4. The number of piperazine rings is 1. The van der Waals surface area contributed by atoms with Crippen molar-refractivity contribution >= 4 is 17.2 Å². The predicted molar refractivity (Wildman–Crippen MR) is 94.4 cm³/mol. The minimum absolute atomic E-state index is 0.0692. The number of furan rings is 1. The van der Waals surface area contributed by atoms with Crippen LogP contribution >= 0.6 is 11.3 Å². The van der Waals surface area contributed by atoms with Crippen molar-refractivity contribution in [2.75, 3.05) is 19.6 Å². The Balaban J connectivity index is 1.61. The van der Waals surface area contributed by atoms with Crippen molar-refractivity contribution in [2.45, 2.75) is 13.0 Å². The number of rotatable bonds is 3. The lowest BCUT2D eigenvalue weighted by atomic mass is 10.1. The van der Waals surface area contributed by atoms with E-state index in [0.29, 0.717) is 24.5 Å². The minimum atomic E-state index is -0.0998. The van der Waals surface area contributed by atoms with E-state index in [2.05, 4.69) is 15.3 Å². The molecule has 0 spiro atoms. The molecule has 0 saturated carbocycles. The molecular weight excluding hydrogens is 338 g/mol. The highest BCUT2D eigenvalue weighted by Crippen LogP contribution is 2.28. The van der Waals surface area contributed by atoms with Crippen molar-refractivity contribution in [1.29, 1.82) is 0 Å². The van der Waals surface area contributed by atoms with Crippen molar-refractivity contribution in [3.05, 3.63) is 47.2 Å². The van der Waals surface area contributed by atoms with Gasteiger partial charge >= 0.3 is 0 Å². The van der Waals surface area contributed by atoms with Crippen LogP contribution in [0.25, 0.3) is 10.8 Å². The zero-order chi connectivity index (χ0) is 17.4. The third kappa shape index (κ3) is 2.98. The number of amides is 1. The van der Waals surface area contributed by atoms with Gasteiger partial charge in [-0.1, -0.05) is 0 Å². The van der Waals surface area contributed by atoms with Gasteiger partial charge in [-0.3, -0.25) is 4.79 Å². The van der Waals surface area contributed by atoms with Gasteiger partial charge < -0.3 is 19.2 Å². The molecule has 0 radical (unpaired) electrons. The van der Waals surface area contributed by atoms with Gasteiger partial charge in [-0.15, -0.1) is 11.3 Å². The Hall–Kier alpha value is -2.45. The first-order valence-corrected chi connectivity index (χ1v) is 9.02. The third-order valence-corrected chi connectivity index (χ3v) is 5.19. The molecular formula is C17H19N5O2S. The quantitative estimate of drug-likeness (QED) is 0.778. The van der Waals surface area contributed by atoms with Gasteiger partial charge in [-0.05, 0) is 19.1 Å². The number of imidazole rings is 1. The van der Waals surface area contributed by atoms with E-state index in [0.717, 1.165) is 23.1 Å². The number of hydrogen-bond acceptors (Lipinski definition) is 6. The van der Waals surface area contributed by atoms with Crippen molar-refractivity contribution in [3.8, 4) is 10.8 Å². The molecule has 1 atom stereocenters. The zero-order valence-electron chi connectivity index (χ0n) is 14.1. The lowest BCUT2D eigenvalue weighted by Crippen LogP contribution is -2.49. The van der Waals surface area contributed by atoms with E-state index >= 15 is 0 Å². The normalized spacial score (nSPS) is 17.8. The first-order valence-electron chi connectivity index (χ1n) is 8.14. The average Bonchev–Trinajstić information content (AvgIpc) is 3.34. The van der Waals surface area contributed by atoms with Crippen LogP contribution in [0.1, 0.15) is 28.1 Å². The third-order valence-electron chi connectivity index (χ3n) is 4.34. The summed E-state index contributed by atoms with van der Waals surface area (Å²) < 4.78 is 7.56. The molecule has 1 aliphatic heterocycles. The number of carbonyl (C=O) groups is 1. The van der Waals surface area contributed by atoms with E-state index in [1.165, 1.54) is 11.3 Å². The summed E-state index contributed by atoms with van der Waals surface area (Å²) in [6.07, 6.45) is 3.65. The monoisotopic (exact) mass is 357 g/mol. The molecule has 0 aromatic carbocycles. The molecule has 0 bridgehead atoms. The second-order valence-corrected chi connectivity index (χ2v) is 6.92. The van der Waals surface area contributed by atoms with Crippen LogP contribution in [0.15, 0.2) is 34.3 Å². The molecule has 1 fully saturated rings. The van der Waals surface area contributed by atoms with Gasteiger partial charge in [-0.25, -0.2) is 9.97 Å². The molecule has 130 valence electrons. The Kier molecular flexibility index (Phi) is 4.14. The van der Waals surface area contributed by atoms with Crippen molar-refractivity contribution < 1.29 is 9.21 Å². The van der Waals surface area contributed by atoms with Crippen LogP contribution in [0.4, 0.5) is 0 Å². The van der Waals surface area contributed by atoms with E-state index in [-0.39, 0.29) is 11.9 Å². The zero-order valence-corrected chi connectivity index (χ0v) is 14.9. The van der Waals surface area contributed by atoms with E-state index in [1.54, 1.807) is 11.6 Å². The van der Waals surface area contributed by atoms with Crippen molar-refractivity contribution in [1.82, 2.24) is 24.8 Å². The van der Waals surface area contributed by atoms with Crippen molar-refractivity contribution in [2.24, 2.45) is 7.05 Å². The van der Waals surface area contributed by atoms with Gasteiger partial charge in [0.2, 0.25) is 0 Å². The van der Waals surface area contributed by atoms with Crippen LogP contribution in [0, 0.1) is 6.92 Å². The smallest absolute Gasteiger partial charge is 0.274 e. The van der Waals surface area contributed by atoms with Crippen LogP contribution in [0.5, 0.6) is 0 Å². The van der Waals surface area contributed by atoms with Gasteiger partial charge in [-0.2, -0.15) is 0 Å². The minimum Gasteiger partial charge on any atom is -0.459 e. The van der Waals surface area contributed by atoms with Gasteiger partial charge in [0.25, 0.3) is 5.91 Å². The van der Waals surface area contributed by atoms with Crippen LogP contribution in [0.2, 0.25) is 0 Å². The van der Waals surface area contributed by atoms with Crippen molar-refractivity contribution in [3.63, 3.8) is 0 Å². The predicted octanol–water partition coefficient (Wildman–Crippen LogP) is 2.23. The molecule has 1 amide bonds. The molecule has 7 nitrogen and oxygen atoms in total. The van der Waals surface area contributed by atoms with Gasteiger partial charge in [0.05, 0.1) is 0 Å². The second-order valence-electron chi connectivity index (χ2n) is 6.06. The average molecular weight is 357 g/mol. The molecule has 1 aliphatic rings. The standard InChI is InChI=1S/C17H19N5O2S/c1-11-3-4-14(24-11)16-20-12(10-25-16)17(23)22-8-5-18-9-13(22)15-19-6-7-21(15)2/h3-4,6-7,10,13,18H,5,8-9H2,1-2H3. The Morgan fingerprint density at radius 2 is 2.32 bits per heavy atom. The molecule has 3 aromatic rings. The maximum absolute atomic E-state index is 13.0. The molecule has 3 aromatic heterocycles. The summed E-state index contributed by atoms with van der Waals surface area (Å²) in [7, 11) is 1.94. The molecule has 1 N–H and O–H groups in total.